The maximum absolute atomic E-state index is 6.11. The van der Waals surface area contributed by atoms with Crippen molar-refractivity contribution in [1.82, 2.24) is 0 Å². The minimum atomic E-state index is 0.304. The number of nitrogens with one attached hydrogen (secondary N) is 1. The van der Waals surface area contributed by atoms with Crippen molar-refractivity contribution in [2.24, 2.45) is 10.7 Å². The Balaban J connectivity index is 1.34. The predicted octanol–water partition coefficient (Wildman–Crippen LogP) is 3.86. The Hall–Kier alpha value is -2.49. The largest absolute Gasteiger partial charge is 0.497 e. The standard InChI is InChI=1S/C21H25N3O/c1-25-20-7-3-6-16(13-20)17-11-19(12-17)24-21(22)23-18-9-8-14-4-2-5-15(14)10-18/h3,6-10,13,17,19H,2,4-5,11-12H2,1H3,(H3,22,23,24). The average Bonchev–Trinajstić information content (AvgIpc) is 3.05. The second-order valence-electron chi connectivity index (χ2n) is 7.08. The van der Waals surface area contributed by atoms with Gasteiger partial charge < -0.3 is 15.8 Å². The van der Waals surface area contributed by atoms with Crippen LogP contribution >= 0.6 is 0 Å². The maximum Gasteiger partial charge on any atom is 0.193 e. The van der Waals surface area contributed by atoms with Crippen LogP contribution in [-0.2, 0) is 12.8 Å². The molecule has 3 N–H and O–H groups in total. The monoisotopic (exact) mass is 335 g/mol. The smallest absolute Gasteiger partial charge is 0.193 e. The third kappa shape index (κ3) is 3.48. The van der Waals surface area contributed by atoms with Gasteiger partial charge >= 0.3 is 0 Å². The number of fused-ring (bicyclic) bond motifs is 1. The second kappa shape index (κ2) is 6.79. The van der Waals surface area contributed by atoms with Crippen LogP contribution in [0.3, 0.4) is 0 Å². The highest BCUT2D eigenvalue weighted by molar-refractivity contribution is 5.92. The van der Waals surface area contributed by atoms with Crippen molar-refractivity contribution >= 4 is 11.6 Å². The lowest BCUT2D eigenvalue weighted by Gasteiger charge is -2.33. The van der Waals surface area contributed by atoms with Crippen LogP contribution in [-0.4, -0.2) is 19.1 Å². The Kier molecular flexibility index (Phi) is 4.35. The molecule has 2 aromatic carbocycles. The van der Waals surface area contributed by atoms with Crippen molar-refractivity contribution < 1.29 is 4.74 Å². The number of hydrogen-bond acceptors (Lipinski definition) is 2. The molecule has 0 radical (unpaired) electrons. The van der Waals surface area contributed by atoms with Gasteiger partial charge in [-0.25, -0.2) is 4.99 Å². The molecule has 0 amide bonds. The summed E-state index contributed by atoms with van der Waals surface area (Å²) in [6, 6.07) is 15.1. The van der Waals surface area contributed by atoms with Crippen molar-refractivity contribution in [2.75, 3.05) is 12.4 Å². The van der Waals surface area contributed by atoms with E-state index in [4.69, 9.17) is 10.5 Å². The molecular weight excluding hydrogens is 310 g/mol. The van der Waals surface area contributed by atoms with E-state index in [9.17, 15) is 0 Å². The molecule has 2 aliphatic rings. The number of benzene rings is 2. The summed E-state index contributed by atoms with van der Waals surface area (Å²) in [4.78, 5) is 4.64. The molecule has 0 unspecified atom stereocenters. The van der Waals surface area contributed by atoms with Crippen LogP contribution < -0.4 is 15.8 Å². The number of methoxy groups -OCH3 is 1. The van der Waals surface area contributed by atoms with Crippen LogP contribution in [0.4, 0.5) is 5.69 Å². The van der Waals surface area contributed by atoms with E-state index in [1.807, 2.05) is 6.07 Å². The fourth-order valence-corrected chi connectivity index (χ4v) is 3.89. The van der Waals surface area contributed by atoms with Gasteiger partial charge in [-0.15, -0.1) is 0 Å². The van der Waals surface area contributed by atoms with E-state index >= 15 is 0 Å². The zero-order chi connectivity index (χ0) is 17.2. The zero-order valence-corrected chi connectivity index (χ0v) is 14.7. The van der Waals surface area contributed by atoms with Crippen LogP contribution in [0.5, 0.6) is 5.75 Å². The van der Waals surface area contributed by atoms with Crippen LogP contribution in [0.1, 0.15) is 41.9 Å². The molecule has 0 heterocycles. The summed E-state index contributed by atoms with van der Waals surface area (Å²) in [5, 5.41) is 3.25. The number of ether oxygens (including phenoxy) is 1. The predicted molar refractivity (Wildman–Crippen MR) is 102 cm³/mol. The Morgan fingerprint density at radius 1 is 1.12 bits per heavy atom. The number of nitrogens with zero attached hydrogens (tertiary/aromatic N) is 1. The van der Waals surface area contributed by atoms with Crippen LogP contribution in [0, 0.1) is 0 Å². The average molecular weight is 335 g/mol. The highest BCUT2D eigenvalue weighted by Crippen LogP contribution is 2.39. The molecule has 1 fully saturated rings. The van der Waals surface area contributed by atoms with E-state index in [0.29, 0.717) is 17.9 Å². The van der Waals surface area contributed by atoms with Gasteiger partial charge in [-0.05, 0) is 79.0 Å². The summed E-state index contributed by atoms with van der Waals surface area (Å²) < 4.78 is 5.31. The number of hydrogen-bond donors (Lipinski definition) is 2. The van der Waals surface area contributed by atoms with E-state index < -0.39 is 0 Å². The molecule has 2 aliphatic carbocycles. The summed E-state index contributed by atoms with van der Waals surface area (Å²) in [5.74, 6) is 1.99. The first-order valence-corrected chi connectivity index (χ1v) is 9.07. The molecule has 0 atom stereocenters. The molecule has 0 saturated heterocycles. The second-order valence-corrected chi connectivity index (χ2v) is 7.08. The molecule has 4 nitrogen and oxygen atoms in total. The van der Waals surface area contributed by atoms with Crippen molar-refractivity contribution in [2.45, 2.75) is 44.1 Å². The van der Waals surface area contributed by atoms with Crippen LogP contribution in [0.2, 0.25) is 0 Å². The molecule has 130 valence electrons. The van der Waals surface area contributed by atoms with Gasteiger partial charge in [0.1, 0.15) is 5.75 Å². The number of anilines is 1. The molecule has 4 heteroatoms. The molecule has 0 aromatic heterocycles. The van der Waals surface area contributed by atoms with Gasteiger partial charge in [0.25, 0.3) is 0 Å². The summed E-state index contributed by atoms with van der Waals surface area (Å²) in [6.07, 6.45) is 5.72. The molecule has 0 aliphatic heterocycles. The van der Waals surface area contributed by atoms with E-state index in [1.54, 1.807) is 7.11 Å². The lowest BCUT2D eigenvalue weighted by atomic mass is 9.76. The van der Waals surface area contributed by atoms with E-state index in [-0.39, 0.29) is 0 Å². The van der Waals surface area contributed by atoms with Crippen LogP contribution in [0.15, 0.2) is 47.5 Å². The topological polar surface area (TPSA) is 59.6 Å². The van der Waals surface area contributed by atoms with E-state index in [2.05, 4.69) is 46.7 Å². The Morgan fingerprint density at radius 2 is 1.96 bits per heavy atom. The van der Waals surface area contributed by atoms with Crippen LogP contribution in [0.25, 0.3) is 0 Å². The van der Waals surface area contributed by atoms with Gasteiger partial charge in [0.05, 0.1) is 13.2 Å². The Morgan fingerprint density at radius 3 is 2.80 bits per heavy atom. The van der Waals surface area contributed by atoms with Gasteiger partial charge in [-0.2, -0.15) is 0 Å². The molecular formula is C21H25N3O. The third-order valence-corrected chi connectivity index (χ3v) is 5.37. The summed E-state index contributed by atoms with van der Waals surface area (Å²) >= 11 is 0. The van der Waals surface area contributed by atoms with Crippen molar-refractivity contribution in [3.05, 3.63) is 59.2 Å². The molecule has 2 aromatic rings. The molecule has 25 heavy (non-hydrogen) atoms. The minimum absolute atomic E-state index is 0.304. The number of nitrogens with two attached hydrogens (primary N) is 1. The van der Waals surface area contributed by atoms with Gasteiger partial charge in [0, 0.05) is 5.69 Å². The summed E-state index contributed by atoms with van der Waals surface area (Å²) in [6.45, 7) is 0. The molecule has 0 spiro atoms. The van der Waals surface area contributed by atoms with Crippen molar-refractivity contribution in [3.63, 3.8) is 0 Å². The Bertz CT molecular complexity index is 793. The fourth-order valence-electron chi connectivity index (χ4n) is 3.89. The van der Waals surface area contributed by atoms with Crippen molar-refractivity contribution in [1.29, 1.82) is 0 Å². The van der Waals surface area contributed by atoms with E-state index in [0.717, 1.165) is 24.3 Å². The number of rotatable bonds is 4. The number of aliphatic imine (C=N–C) groups is 1. The highest BCUT2D eigenvalue weighted by Gasteiger charge is 2.30. The first-order valence-electron chi connectivity index (χ1n) is 9.07. The lowest BCUT2D eigenvalue weighted by molar-refractivity contribution is 0.351. The quantitative estimate of drug-likeness (QED) is 0.659. The SMILES string of the molecule is COc1cccc(C2CC(N=C(N)Nc3ccc4c(c3)CCC4)C2)c1. The summed E-state index contributed by atoms with van der Waals surface area (Å²) in [5.41, 5.74) is 11.4. The van der Waals surface area contributed by atoms with Gasteiger partial charge in [0.2, 0.25) is 0 Å². The lowest BCUT2D eigenvalue weighted by Crippen LogP contribution is -2.31. The third-order valence-electron chi connectivity index (χ3n) is 5.37. The molecule has 0 bridgehead atoms. The van der Waals surface area contributed by atoms with Gasteiger partial charge in [-0.3, -0.25) is 0 Å². The molecule has 4 rings (SSSR count). The highest BCUT2D eigenvalue weighted by atomic mass is 16.5. The number of guanidine groups is 1. The normalized spacial score (nSPS) is 22.2. The molecule has 1 saturated carbocycles. The first kappa shape index (κ1) is 16.0. The fraction of sp³-hybridized carbons (Fsp3) is 0.381. The number of aryl methyl sites for hydroxylation is 2. The first-order chi connectivity index (χ1) is 12.2. The van der Waals surface area contributed by atoms with Crippen molar-refractivity contribution in [3.8, 4) is 5.75 Å². The maximum atomic E-state index is 6.11. The zero-order valence-electron chi connectivity index (χ0n) is 14.7. The van der Waals surface area contributed by atoms with Gasteiger partial charge in [-0.1, -0.05) is 18.2 Å². The van der Waals surface area contributed by atoms with E-state index in [1.165, 1.54) is 36.0 Å². The Labute approximate surface area is 149 Å². The minimum Gasteiger partial charge on any atom is -0.497 e. The van der Waals surface area contributed by atoms with Gasteiger partial charge in [0.15, 0.2) is 5.96 Å². The summed E-state index contributed by atoms with van der Waals surface area (Å²) in [7, 11) is 1.71.